The van der Waals surface area contributed by atoms with Crippen LogP contribution in [-0.2, 0) is 20.9 Å². The van der Waals surface area contributed by atoms with Crippen LogP contribution in [0.4, 0.5) is 5.69 Å². The zero-order chi connectivity index (χ0) is 27.8. The lowest BCUT2D eigenvalue weighted by Gasteiger charge is -2.31. The number of amides is 3. The van der Waals surface area contributed by atoms with Gasteiger partial charge in [0.2, 0.25) is 18.0 Å². The maximum atomic E-state index is 14.1. The number of benzodiazepines with no additional fused rings is 1. The Bertz CT molecular complexity index is 1190. The number of para-hydroxylation sites is 1. The molecule has 0 radical (unpaired) electrons. The summed E-state index contributed by atoms with van der Waals surface area (Å²) in [4.78, 5) is 51.7. The number of hydrogen-bond acceptors (Lipinski definition) is 5. The molecule has 1 aromatic heterocycles. The van der Waals surface area contributed by atoms with E-state index in [9.17, 15) is 14.4 Å². The van der Waals surface area contributed by atoms with Gasteiger partial charge in [-0.2, -0.15) is 0 Å². The van der Waals surface area contributed by atoms with Crippen LogP contribution in [0.2, 0.25) is 0 Å². The number of nitrogens with zero attached hydrogens (tertiary/aromatic N) is 3. The molecule has 1 unspecified atom stereocenters. The van der Waals surface area contributed by atoms with Gasteiger partial charge in [0.05, 0.1) is 17.9 Å². The van der Waals surface area contributed by atoms with Crippen LogP contribution in [0.5, 0.6) is 0 Å². The molecule has 0 saturated heterocycles. The van der Waals surface area contributed by atoms with Gasteiger partial charge in [-0.05, 0) is 56.2 Å². The summed E-state index contributed by atoms with van der Waals surface area (Å²) in [6, 6.07) is 13.4. The molecule has 2 N–H and O–H groups in total. The second-order valence-electron chi connectivity index (χ2n) is 11.1. The van der Waals surface area contributed by atoms with Crippen molar-refractivity contribution < 1.29 is 14.4 Å². The summed E-state index contributed by atoms with van der Waals surface area (Å²) in [7, 11) is 0. The van der Waals surface area contributed by atoms with Crippen molar-refractivity contribution >= 4 is 29.1 Å². The highest BCUT2D eigenvalue weighted by Gasteiger charge is 2.44. The summed E-state index contributed by atoms with van der Waals surface area (Å²) in [5, 5.41) is 6.01. The fourth-order valence-corrected chi connectivity index (χ4v) is 5.35. The number of unbranched alkanes of at least 4 members (excludes halogenated alkanes) is 1. The monoisotopic (exact) mass is 531 g/mol. The number of anilines is 1. The summed E-state index contributed by atoms with van der Waals surface area (Å²) >= 11 is 0. The summed E-state index contributed by atoms with van der Waals surface area (Å²) in [6.07, 6.45) is 7.14. The van der Waals surface area contributed by atoms with Gasteiger partial charge >= 0.3 is 0 Å². The van der Waals surface area contributed by atoms with E-state index in [1.807, 2.05) is 42.5 Å². The van der Waals surface area contributed by atoms with Crippen molar-refractivity contribution in [1.82, 2.24) is 15.6 Å². The predicted molar refractivity (Wildman–Crippen MR) is 153 cm³/mol. The molecular weight excluding hydrogens is 490 g/mol. The first kappa shape index (κ1) is 28.5. The smallest absolute Gasteiger partial charge is 0.272 e. The van der Waals surface area contributed by atoms with Crippen LogP contribution in [0.3, 0.4) is 0 Å². The summed E-state index contributed by atoms with van der Waals surface area (Å²) in [5.74, 6) is -0.370. The van der Waals surface area contributed by atoms with E-state index < -0.39 is 11.7 Å². The Morgan fingerprint density at radius 3 is 2.54 bits per heavy atom. The van der Waals surface area contributed by atoms with Gasteiger partial charge < -0.3 is 15.5 Å². The first-order valence-corrected chi connectivity index (χ1v) is 14.3. The van der Waals surface area contributed by atoms with Crippen LogP contribution in [0, 0.1) is 5.92 Å². The summed E-state index contributed by atoms with van der Waals surface area (Å²) in [5.41, 5.74) is 2.18. The van der Waals surface area contributed by atoms with Gasteiger partial charge in [0.1, 0.15) is 5.54 Å². The van der Waals surface area contributed by atoms with Crippen molar-refractivity contribution in [2.75, 3.05) is 4.90 Å². The van der Waals surface area contributed by atoms with Crippen molar-refractivity contribution in [3.05, 3.63) is 59.9 Å². The predicted octanol–water partition coefficient (Wildman–Crippen LogP) is 4.92. The van der Waals surface area contributed by atoms with Gasteiger partial charge in [0, 0.05) is 23.9 Å². The first-order chi connectivity index (χ1) is 18.8. The number of nitrogens with one attached hydrogen (secondary N) is 2. The number of aromatic nitrogens is 1. The van der Waals surface area contributed by atoms with E-state index in [0.717, 1.165) is 54.8 Å². The molecule has 1 aromatic carbocycles. The van der Waals surface area contributed by atoms with E-state index in [0.29, 0.717) is 31.6 Å². The van der Waals surface area contributed by atoms with Crippen LogP contribution in [-0.4, -0.2) is 40.1 Å². The third-order valence-corrected chi connectivity index (χ3v) is 7.59. The van der Waals surface area contributed by atoms with E-state index in [2.05, 4.69) is 36.4 Å². The molecule has 208 valence electrons. The lowest BCUT2D eigenvalue weighted by atomic mass is 9.95. The zero-order valence-corrected chi connectivity index (χ0v) is 23.4. The Morgan fingerprint density at radius 2 is 1.85 bits per heavy atom. The number of aliphatic imine (C=N–C) groups is 1. The number of pyridine rings is 1. The minimum Gasteiger partial charge on any atom is -0.342 e. The lowest BCUT2D eigenvalue weighted by Crippen LogP contribution is -2.60. The molecule has 1 aliphatic heterocycles. The molecule has 2 aliphatic rings. The molecule has 8 nitrogen and oxygen atoms in total. The molecular formula is C31H41N5O3. The van der Waals surface area contributed by atoms with E-state index in [4.69, 9.17) is 4.99 Å². The Balaban J connectivity index is 1.65. The molecule has 39 heavy (non-hydrogen) atoms. The molecule has 3 amide bonds. The van der Waals surface area contributed by atoms with Crippen LogP contribution in [0.1, 0.15) is 89.8 Å². The Morgan fingerprint density at radius 1 is 1.10 bits per heavy atom. The molecule has 1 atom stereocenters. The maximum absolute atomic E-state index is 14.1. The van der Waals surface area contributed by atoms with Crippen molar-refractivity contribution in [3.8, 4) is 0 Å². The fraction of sp³-hybridized carbons (Fsp3) is 0.516. The highest BCUT2D eigenvalue weighted by Crippen LogP contribution is 2.32. The second kappa shape index (κ2) is 13.0. The number of fused-ring (bicyclic) bond motifs is 1. The molecule has 0 bridgehead atoms. The average molecular weight is 532 g/mol. The van der Waals surface area contributed by atoms with Crippen molar-refractivity contribution in [2.45, 2.75) is 96.8 Å². The molecule has 2 heterocycles. The third kappa shape index (κ3) is 6.91. The van der Waals surface area contributed by atoms with Crippen molar-refractivity contribution in [3.63, 3.8) is 0 Å². The second-order valence-corrected chi connectivity index (χ2v) is 11.1. The van der Waals surface area contributed by atoms with Crippen molar-refractivity contribution in [2.24, 2.45) is 10.9 Å². The molecule has 2 aromatic rings. The third-order valence-electron chi connectivity index (χ3n) is 7.59. The van der Waals surface area contributed by atoms with Crippen LogP contribution in [0.15, 0.2) is 53.7 Å². The highest BCUT2D eigenvalue weighted by atomic mass is 16.2. The van der Waals surface area contributed by atoms with Crippen LogP contribution < -0.4 is 15.5 Å². The zero-order valence-electron chi connectivity index (χ0n) is 23.4. The maximum Gasteiger partial charge on any atom is 0.272 e. The molecule has 1 aliphatic carbocycles. The number of carbonyl (C=O) groups excluding carboxylic acids is 3. The van der Waals surface area contributed by atoms with Crippen LogP contribution in [0.25, 0.3) is 0 Å². The van der Waals surface area contributed by atoms with E-state index in [-0.39, 0.29) is 24.3 Å². The van der Waals surface area contributed by atoms with E-state index >= 15 is 0 Å². The number of benzene rings is 1. The Kier molecular flexibility index (Phi) is 9.49. The standard InChI is InChI=1S/C31H41N5O3/c1-4-5-14-25-24-13-6-7-15-26(24)36(21-23-12-8-11-20-32-23)29(38)28(33-25)34-30(39)31(18-9-10-19-31)35-27(37)17-16-22(2)3/h6-8,11-13,15,20,22,28H,4-5,9-10,14,16-19,21H2,1-3H3,(H,34,39)(H,35,37). The number of carbonyl (C=O) groups is 3. The Hall–Kier alpha value is -3.55. The molecule has 8 heteroatoms. The fourth-order valence-electron chi connectivity index (χ4n) is 5.35. The van der Waals surface area contributed by atoms with Gasteiger partial charge in [-0.15, -0.1) is 0 Å². The van der Waals surface area contributed by atoms with Gasteiger partial charge in [-0.25, -0.2) is 0 Å². The van der Waals surface area contributed by atoms with E-state index in [1.165, 1.54) is 0 Å². The minimum atomic E-state index is -1.09. The highest BCUT2D eigenvalue weighted by molar-refractivity contribution is 6.13. The van der Waals surface area contributed by atoms with Gasteiger partial charge in [-0.3, -0.25) is 24.4 Å². The largest absolute Gasteiger partial charge is 0.342 e. The molecule has 0 spiro atoms. The quantitative estimate of drug-likeness (QED) is 0.430. The molecule has 1 saturated carbocycles. The van der Waals surface area contributed by atoms with Crippen molar-refractivity contribution in [1.29, 1.82) is 0 Å². The van der Waals surface area contributed by atoms with E-state index in [1.54, 1.807) is 11.1 Å². The lowest BCUT2D eigenvalue weighted by molar-refractivity contribution is -0.135. The number of rotatable bonds is 11. The van der Waals surface area contributed by atoms with Gasteiger partial charge in [-0.1, -0.05) is 64.3 Å². The van der Waals surface area contributed by atoms with Gasteiger partial charge in [0.15, 0.2) is 0 Å². The Labute approximate surface area is 231 Å². The average Bonchev–Trinajstić information content (AvgIpc) is 3.38. The first-order valence-electron chi connectivity index (χ1n) is 14.3. The van der Waals surface area contributed by atoms with Gasteiger partial charge in [0.25, 0.3) is 5.91 Å². The minimum absolute atomic E-state index is 0.121. The topological polar surface area (TPSA) is 104 Å². The number of hydrogen-bond donors (Lipinski definition) is 2. The SMILES string of the molecule is CCCCC1=NC(NC(=O)C2(NC(=O)CCC(C)C)CCCC2)C(=O)N(Cc2ccccn2)c2ccccc21. The summed E-state index contributed by atoms with van der Waals surface area (Å²) < 4.78 is 0. The molecule has 1 fully saturated rings. The van der Waals surface area contributed by atoms with Crippen LogP contribution >= 0.6 is 0 Å². The molecule has 4 rings (SSSR count). The summed E-state index contributed by atoms with van der Waals surface area (Å²) in [6.45, 7) is 6.53. The normalized spacial score (nSPS) is 18.4.